The fourth-order valence-electron chi connectivity index (χ4n) is 2.03. The SMILES string of the molecule is OCC1(Cc2nccs2)CCCNC1. The number of piperidine rings is 1. The molecular formula is C10H16N2OS. The molecule has 4 heteroatoms. The van der Waals surface area contributed by atoms with Gasteiger partial charge >= 0.3 is 0 Å². The van der Waals surface area contributed by atoms with Gasteiger partial charge < -0.3 is 10.4 Å². The highest BCUT2D eigenvalue weighted by atomic mass is 32.1. The van der Waals surface area contributed by atoms with Gasteiger partial charge in [0.1, 0.15) is 0 Å². The van der Waals surface area contributed by atoms with E-state index in [0.717, 1.165) is 37.4 Å². The van der Waals surface area contributed by atoms with Crippen LogP contribution in [0, 0.1) is 5.41 Å². The summed E-state index contributed by atoms with van der Waals surface area (Å²) in [5.74, 6) is 0. The quantitative estimate of drug-likeness (QED) is 0.787. The molecule has 14 heavy (non-hydrogen) atoms. The number of aromatic nitrogens is 1. The fraction of sp³-hybridized carbons (Fsp3) is 0.700. The first kappa shape index (κ1) is 10.1. The predicted octanol–water partition coefficient (Wildman–Crippen LogP) is 1.05. The van der Waals surface area contributed by atoms with Crippen molar-refractivity contribution in [1.82, 2.24) is 10.3 Å². The van der Waals surface area contributed by atoms with Crippen molar-refractivity contribution < 1.29 is 5.11 Å². The van der Waals surface area contributed by atoms with Gasteiger partial charge in [0.2, 0.25) is 0 Å². The lowest BCUT2D eigenvalue weighted by atomic mass is 9.79. The van der Waals surface area contributed by atoms with E-state index >= 15 is 0 Å². The van der Waals surface area contributed by atoms with E-state index in [1.165, 1.54) is 0 Å². The zero-order chi connectivity index (χ0) is 9.86. The summed E-state index contributed by atoms with van der Waals surface area (Å²) in [6.45, 7) is 2.27. The van der Waals surface area contributed by atoms with Gasteiger partial charge in [-0.3, -0.25) is 0 Å². The molecule has 1 fully saturated rings. The molecule has 0 amide bonds. The molecule has 1 unspecified atom stereocenters. The Labute approximate surface area is 88.2 Å². The summed E-state index contributed by atoms with van der Waals surface area (Å²) in [7, 11) is 0. The van der Waals surface area contributed by atoms with Crippen LogP contribution in [0.25, 0.3) is 0 Å². The first-order valence-corrected chi connectivity index (χ1v) is 5.93. The highest BCUT2D eigenvalue weighted by molar-refractivity contribution is 7.09. The summed E-state index contributed by atoms with van der Waals surface area (Å²) in [5.41, 5.74) is 0.0378. The number of thiazole rings is 1. The van der Waals surface area contributed by atoms with Gasteiger partial charge in [0.05, 0.1) is 11.6 Å². The molecule has 3 nitrogen and oxygen atoms in total. The molecule has 0 aromatic carbocycles. The molecule has 2 rings (SSSR count). The van der Waals surface area contributed by atoms with Crippen molar-refractivity contribution in [2.45, 2.75) is 19.3 Å². The Balaban J connectivity index is 2.04. The first-order valence-electron chi connectivity index (χ1n) is 5.05. The maximum absolute atomic E-state index is 9.48. The molecule has 1 aromatic rings. The van der Waals surface area contributed by atoms with Crippen LogP contribution in [0.1, 0.15) is 17.8 Å². The molecule has 78 valence electrons. The summed E-state index contributed by atoms with van der Waals surface area (Å²) in [5, 5.41) is 16.0. The second kappa shape index (κ2) is 4.38. The predicted molar refractivity (Wildman–Crippen MR) is 57.4 cm³/mol. The summed E-state index contributed by atoms with van der Waals surface area (Å²) in [4.78, 5) is 4.28. The average molecular weight is 212 g/mol. The van der Waals surface area contributed by atoms with Crippen molar-refractivity contribution in [2.24, 2.45) is 5.41 Å². The Hall–Kier alpha value is -0.450. The third-order valence-electron chi connectivity index (χ3n) is 2.91. The van der Waals surface area contributed by atoms with Crippen LogP contribution in [-0.4, -0.2) is 29.8 Å². The lowest BCUT2D eigenvalue weighted by molar-refractivity contribution is 0.0947. The topological polar surface area (TPSA) is 45.2 Å². The number of aliphatic hydroxyl groups excluding tert-OH is 1. The molecule has 1 atom stereocenters. The van der Waals surface area contributed by atoms with Crippen LogP contribution in [0.2, 0.25) is 0 Å². The van der Waals surface area contributed by atoms with Crippen molar-refractivity contribution in [3.63, 3.8) is 0 Å². The Morgan fingerprint density at radius 3 is 3.14 bits per heavy atom. The van der Waals surface area contributed by atoms with E-state index in [2.05, 4.69) is 10.3 Å². The van der Waals surface area contributed by atoms with Crippen LogP contribution in [0.5, 0.6) is 0 Å². The number of hydrogen-bond acceptors (Lipinski definition) is 4. The largest absolute Gasteiger partial charge is 0.396 e. The minimum absolute atomic E-state index is 0.0378. The first-order chi connectivity index (χ1) is 6.85. The molecule has 0 radical (unpaired) electrons. The molecule has 1 aliphatic rings. The van der Waals surface area contributed by atoms with Crippen LogP contribution < -0.4 is 5.32 Å². The Morgan fingerprint density at radius 1 is 1.64 bits per heavy atom. The van der Waals surface area contributed by atoms with Crippen LogP contribution >= 0.6 is 11.3 Å². The van der Waals surface area contributed by atoms with Crippen molar-refractivity contribution >= 4 is 11.3 Å². The number of aliphatic hydroxyl groups is 1. The molecule has 0 aliphatic carbocycles. The zero-order valence-corrected chi connectivity index (χ0v) is 9.02. The molecule has 0 spiro atoms. The van der Waals surface area contributed by atoms with E-state index in [4.69, 9.17) is 0 Å². The Morgan fingerprint density at radius 2 is 2.57 bits per heavy atom. The van der Waals surface area contributed by atoms with Gasteiger partial charge in [0.15, 0.2) is 0 Å². The second-order valence-corrected chi connectivity index (χ2v) is 5.02. The van der Waals surface area contributed by atoms with Crippen molar-refractivity contribution in [2.75, 3.05) is 19.7 Å². The highest BCUT2D eigenvalue weighted by Gasteiger charge is 2.32. The van der Waals surface area contributed by atoms with Crippen molar-refractivity contribution in [3.8, 4) is 0 Å². The zero-order valence-electron chi connectivity index (χ0n) is 8.20. The molecule has 1 saturated heterocycles. The molecule has 1 aliphatic heterocycles. The van der Waals surface area contributed by atoms with Gasteiger partial charge in [-0.05, 0) is 19.4 Å². The molecule has 0 bridgehead atoms. The monoisotopic (exact) mass is 212 g/mol. The molecule has 1 aromatic heterocycles. The van der Waals surface area contributed by atoms with Gasteiger partial charge in [-0.1, -0.05) is 0 Å². The third kappa shape index (κ3) is 2.13. The maximum Gasteiger partial charge on any atom is 0.0931 e. The third-order valence-corrected chi connectivity index (χ3v) is 3.69. The van der Waals surface area contributed by atoms with Gasteiger partial charge in [0, 0.05) is 30.0 Å². The number of nitrogens with zero attached hydrogens (tertiary/aromatic N) is 1. The van der Waals surface area contributed by atoms with Gasteiger partial charge in [0.25, 0.3) is 0 Å². The smallest absolute Gasteiger partial charge is 0.0931 e. The summed E-state index contributed by atoms with van der Waals surface area (Å²) >= 11 is 1.68. The molecule has 0 saturated carbocycles. The van der Waals surface area contributed by atoms with E-state index in [-0.39, 0.29) is 12.0 Å². The van der Waals surface area contributed by atoms with Crippen LogP contribution in [-0.2, 0) is 6.42 Å². The summed E-state index contributed by atoms with van der Waals surface area (Å²) in [6, 6.07) is 0. The normalized spacial score (nSPS) is 27.8. The molecule has 2 heterocycles. The highest BCUT2D eigenvalue weighted by Crippen LogP contribution is 2.30. The molecular weight excluding hydrogens is 196 g/mol. The Bertz CT molecular complexity index is 268. The average Bonchev–Trinajstić information content (AvgIpc) is 2.72. The van der Waals surface area contributed by atoms with Gasteiger partial charge in [-0.25, -0.2) is 4.98 Å². The van der Waals surface area contributed by atoms with E-state index in [1.807, 2.05) is 11.6 Å². The summed E-state index contributed by atoms with van der Waals surface area (Å²) in [6.07, 6.45) is 5.01. The van der Waals surface area contributed by atoms with Crippen molar-refractivity contribution in [1.29, 1.82) is 0 Å². The maximum atomic E-state index is 9.48. The standard InChI is InChI=1S/C10H16N2OS/c13-8-10(2-1-3-11-7-10)6-9-12-4-5-14-9/h4-5,11,13H,1-3,6-8H2. The lowest BCUT2D eigenvalue weighted by Gasteiger charge is -2.35. The minimum Gasteiger partial charge on any atom is -0.396 e. The minimum atomic E-state index is 0.0378. The fourth-order valence-corrected chi connectivity index (χ4v) is 2.82. The Kier molecular flexibility index (Phi) is 3.15. The van der Waals surface area contributed by atoms with Crippen LogP contribution in [0.15, 0.2) is 11.6 Å². The van der Waals surface area contributed by atoms with Gasteiger partial charge in [-0.2, -0.15) is 0 Å². The van der Waals surface area contributed by atoms with E-state index in [9.17, 15) is 5.11 Å². The van der Waals surface area contributed by atoms with E-state index in [1.54, 1.807) is 11.3 Å². The number of hydrogen-bond donors (Lipinski definition) is 2. The van der Waals surface area contributed by atoms with Crippen molar-refractivity contribution in [3.05, 3.63) is 16.6 Å². The van der Waals surface area contributed by atoms with E-state index in [0.29, 0.717) is 0 Å². The number of rotatable bonds is 3. The van der Waals surface area contributed by atoms with Crippen LogP contribution in [0.3, 0.4) is 0 Å². The summed E-state index contributed by atoms with van der Waals surface area (Å²) < 4.78 is 0. The molecule has 2 N–H and O–H groups in total. The second-order valence-electron chi connectivity index (χ2n) is 4.04. The lowest BCUT2D eigenvalue weighted by Crippen LogP contribution is -2.44. The number of nitrogens with one attached hydrogen (secondary N) is 1. The van der Waals surface area contributed by atoms with E-state index < -0.39 is 0 Å². The van der Waals surface area contributed by atoms with Gasteiger partial charge in [-0.15, -0.1) is 11.3 Å². The van der Waals surface area contributed by atoms with Crippen LogP contribution in [0.4, 0.5) is 0 Å².